The van der Waals surface area contributed by atoms with E-state index >= 15 is 0 Å². The summed E-state index contributed by atoms with van der Waals surface area (Å²) in [5.74, 6) is 0.631. The predicted molar refractivity (Wildman–Crippen MR) is 98.6 cm³/mol. The summed E-state index contributed by atoms with van der Waals surface area (Å²) in [4.78, 5) is 16.1. The SMILES string of the molecule is C[C@@H]1CC(C)(C)N2C(=O)[C@]3(Nc4ccccc4S3)c3cccc1c32. The summed E-state index contributed by atoms with van der Waals surface area (Å²) in [6.07, 6.45) is 0.989. The molecule has 2 aromatic carbocycles. The molecule has 0 bridgehead atoms. The Morgan fingerprint density at radius 2 is 1.96 bits per heavy atom. The Morgan fingerprint density at radius 1 is 1.17 bits per heavy atom. The van der Waals surface area contributed by atoms with E-state index in [0.717, 1.165) is 28.3 Å². The first kappa shape index (κ1) is 14.4. The van der Waals surface area contributed by atoms with Gasteiger partial charge in [-0.05, 0) is 43.9 Å². The molecule has 3 aliphatic rings. The molecule has 1 N–H and O–H groups in total. The number of carbonyl (C=O) groups is 1. The summed E-state index contributed by atoms with van der Waals surface area (Å²) in [6, 6.07) is 14.6. The Hall–Kier alpha value is -1.94. The van der Waals surface area contributed by atoms with Crippen molar-refractivity contribution in [1.29, 1.82) is 0 Å². The first-order valence-corrected chi connectivity index (χ1v) is 9.30. The van der Waals surface area contributed by atoms with Crippen LogP contribution in [0.1, 0.15) is 44.2 Å². The van der Waals surface area contributed by atoms with Gasteiger partial charge in [0.1, 0.15) is 0 Å². The van der Waals surface area contributed by atoms with Crippen molar-refractivity contribution in [3.05, 3.63) is 53.6 Å². The molecule has 3 nitrogen and oxygen atoms in total. The molecule has 4 heteroatoms. The van der Waals surface area contributed by atoms with E-state index < -0.39 is 4.87 Å². The molecule has 0 radical (unpaired) electrons. The molecule has 0 saturated heterocycles. The second-order valence-corrected chi connectivity index (χ2v) is 8.96. The number of nitrogens with one attached hydrogen (secondary N) is 1. The van der Waals surface area contributed by atoms with Crippen molar-refractivity contribution in [3.8, 4) is 0 Å². The van der Waals surface area contributed by atoms with Gasteiger partial charge in [-0.3, -0.25) is 4.79 Å². The van der Waals surface area contributed by atoms with Crippen LogP contribution >= 0.6 is 11.8 Å². The van der Waals surface area contributed by atoms with Gasteiger partial charge >= 0.3 is 0 Å². The number of rotatable bonds is 0. The summed E-state index contributed by atoms with van der Waals surface area (Å²) in [7, 11) is 0. The molecule has 0 aliphatic carbocycles. The quantitative estimate of drug-likeness (QED) is 0.757. The second-order valence-electron chi connectivity index (χ2n) is 7.71. The summed E-state index contributed by atoms with van der Waals surface area (Å²) < 4.78 is 0. The fraction of sp³-hybridized carbons (Fsp3) is 0.350. The average molecular weight is 336 g/mol. The number of benzene rings is 2. The van der Waals surface area contributed by atoms with Crippen LogP contribution in [0.25, 0.3) is 0 Å². The molecule has 24 heavy (non-hydrogen) atoms. The minimum atomic E-state index is -0.712. The van der Waals surface area contributed by atoms with Crippen LogP contribution in [0, 0.1) is 0 Å². The van der Waals surface area contributed by atoms with Gasteiger partial charge in [-0.2, -0.15) is 0 Å². The van der Waals surface area contributed by atoms with Gasteiger partial charge in [0.15, 0.2) is 4.87 Å². The van der Waals surface area contributed by atoms with Gasteiger partial charge in [0.05, 0.1) is 5.69 Å². The lowest BCUT2D eigenvalue weighted by atomic mass is 9.80. The van der Waals surface area contributed by atoms with E-state index in [0.29, 0.717) is 5.92 Å². The average Bonchev–Trinajstić information content (AvgIpc) is 3.04. The van der Waals surface area contributed by atoms with Gasteiger partial charge in [0.2, 0.25) is 0 Å². The van der Waals surface area contributed by atoms with E-state index in [2.05, 4.69) is 61.3 Å². The highest BCUT2D eigenvalue weighted by molar-refractivity contribution is 8.01. The third-order valence-electron chi connectivity index (χ3n) is 5.58. The molecule has 122 valence electrons. The van der Waals surface area contributed by atoms with Crippen molar-refractivity contribution in [2.45, 2.75) is 48.4 Å². The lowest BCUT2D eigenvalue weighted by Crippen LogP contribution is -2.53. The maximum Gasteiger partial charge on any atom is 0.268 e. The number of carbonyl (C=O) groups excluding carboxylic acids is 1. The molecule has 2 aromatic rings. The van der Waals surface area contributed by atoms with Gasteiger partial charge in [0, 0.05) is 21.7 Å². The van der Waals surface area contributed by atoms with Crippen LogP contribution in [-0.2, 0) is 9.67 Å². The summed E-state index contributed by atoms with van der Waals surface area (Å²) in [5, 5.41) is 3.56. The molecule has 0 aromatic heterocycles. The second kappa shape index (κ2) is 4.37. The highest BCUT2D eigenvalue weighted by atomic mass is 32.2. The zero-order chi connectivity index (χ0) is 16.7. The molecule has 3 heterocycles. The predicted octanol–water partition coefficient (Wildman–Crippen LogP) is 4.69. The van der Waals surface area contributed by atoms with E-state index in [4.69, 9.17) is 0 Å². The standard InChI is InChI=1S/C20H20N2OS/c1-12-11-19(2,3)22-17-13(12)7-6-8-14(17)20(18(22)23)21-15-9-4-5-10-16(15)24-20/h4-10,12,21H,11H2,1-3H3/t12-,20+/m1/s1. The number of thioether (sulfide) groups is 1. The molecule has 1 spiro atoms. The molecule has 0 unspecified atom stereocenters. The van der Waals surface area contributed by atoms with Crippen molar-refractivity contribution in [3.63, 3.8) is 0 Å². The van der Waals surface area contributed by atoms with E-state index in [-0.39, 0.29) is 11.4 Å². The van der Waals surface area contributed by atoms with Crippen LogP contribution in [0.3, 0.4) is 0 Å². The Bertz CT molecular complexity index is 864. The van der Waals surface area contributed by atoms with Gasteiger partial charge in [-0.15, -0.1) is 0 Å². The van der Waals surface area contributed by atoms with Gasteiger partial charge in [-0.1, -0.05) is 49.0 Å². The number of nitrogens with zero attached hydrogens (tertiary/aromatic N) is 1. The highest BCUT2D eigenvalue weighted by Crippen LogP contribution is 2.61. The molecule has 3 aliphatic heterocycles. The lowest BCUT2D eigenvalue weighted by molar-refractivity contribution is -0.120. The Balaban J connectivity index is 1.77. The fourth-order valence-electron chi connectivity index (χ4n) is 4.65. The summed E-state index contributed by atoms with van der Waals surface area (Å²) in [5.41, 5.74) is 4.44. The Kier molecular flexibility index (Phi) is 2.62. The van der Waals surface area contributed by atoms with Gasteiger partial charge in [0.25, 0.3) is 5.91 Å². The number of anilines is 2. The van der Waals surface area contributed by atoms with Crippen LogP contribution < -0.4 is 10.2 Å². The molecule has 5 rings (SSSR count). The molecule has 2 atom stereocenters. The van der Waals surface area contributed by atoms with E-state index in [1.807, 2.05) is 12.1 Å². The molecule has 0 saturated carbocycles. The summed E-state index contributed by atoms with van der Waals surface area (Å²) in [6.45, 7) is 6.65. The third kappa shape index (κ3) is 1.57. The third-order valence-corrected chi connectivity index (χ3v) is 6.96. The zero-order valence-electron chi connectivity index (χ0n) is 14.1. The smallest absolute Gasteiger partial charge is 0.268 e. The Labute approximate surface area is 146 Å². The fourth-order valence-corrected chi connectivity index (χ4v) is 5.97. The Morgan fingerprint density at radius 3 is 2.75 bits per heavy atom. The van der Waals surface area contributed by atoms with Crippen LogP contribution in [0.15, 0.2) is 47.4 Å². The van der Waals surface area contributed by atoms with Gasteiger partial charge in [-0.25, -0.2) is 0 Å². The van der Waals surface area contributed by atoms with Crippen molar-refractivity contribution in [1.82, 2.24) is 0 Å². The highest BCUT2D eigenvalue weighted by Gasteiger charge is 2.60. The summed E-state index contributed by atoms with van der Waals surface area (Å²) >= 11 is 1.65. The van der Waals surface area contributed by atoms with Crippen LogP contribution in [0.5, 0.6) is 0 Å². The van der Waals surface area contributed by atoms with Crippen molar-refractivity contribution in [2.75, 3.05) is 10.2 Å². The normalized spacial score (nSPS) is 28.7. The molecular weight excluding hydrogens is 316 g/mol. The maximum absolute atomic E-state index is 13.6. The largest absolute Gasteiger partial charge is 0.358 e. The topological polar surface area (TPSA) is 32.3 Å². The van der Waals surface area contributed by atoms with Gasteiger partial charge < -0.3 is 10.2 Å². The maximum atomic E-state index is 13.6. The minimum absolute atomic E-state index is 0.167. The monoisotopic (exact) mass is 336 g/mol. The van der Waals surface area contributed by atoms with Crippen molar-refractivity contribution in [2.24, 2.45) is 0 Å². The molecule has 0 fully saturated rings. The minimum Gasteiger partial charge on any atom is -0.358 e. The van der Waals surface area contributed by atoms with E-state index in [1.165, 1.54) is 5.56 Å². The number of fused-ring (bicyclic) bond motifs is 2. The number of amides is 1. The number of hydrogen-bond donors (Lipinski definition) is 1. The van der Waals surface area contributed by atoms with E-state index in [9.17, 15) is 4.79 Å². The first-order chi connectivity index (χ1) is 11.4. The van der Waals surface area contributed by atoms with Crippen LogP contribution in [-0.4, -0.2) is 11.4 Å². The van der Waals surface area contributed by atoms with Crippen molar-refractivity contribution >= 4 is 29.0 Å². The van der Waals surface area contributed by atoms with Crippen LogP contribution in [0.2, 0.25) is 0 Å². The number of hydrogen-bond acceptors (Lipinski definition) is 3. The lowest BCUT2D eigenvalue weighted by Gasteiger charge is -2.44. The van der Waals surface area contributed by atoms with E-state index in [1.54, 1.807) is 11.8 Å². The zero-order valence-corrected chi connectivity index (χ0v) is 14.9. The van der Waals surface area contributed by atoms with Crippen LogP contribution in [0.4, 0.5) is 11.4 Å². The number of para-hydroxylation sites is 2. The molecule has 1 amide bonds. The van der Waals surface area contributed by atoms with Crippen molar-refractivity contribution < 1.29 is 4.79 Å². The molecular formula is C20H20N2OS. The first-order valence-electron chi connectivity index (χ1n) is 8.48.